The Morgan fingerprint density at radius 1 is 1.15 bits per heavy atom. The number of aromatic hydroxyl groups is 2. The number of hydrogen-bond donors (Lipinski definition) is 3. The molecule has 27 heavy (non-hydrogen) atoms. The number of phenols is 2. The van der Waals surface area contributed by atoms with Crippen molar-refractivity contribution in [2.24, 2.45) is 9.98 Å². The second-order valence-corrected chi connectivity index (χ2v) is 6.05. The lowest BCUT2D eigenvalue weighted by atomic mass is 9.96. The van der Waals surface area contributed by atoms with Gasteiger partial charge in [0.15, 0.2) is 23.0 Å². The van der Waals surface area contributed by atoms with E-state index in [1.54, 1.807) is 30.5 Å². The third kappa shape index (κ3) is 3.21. The maximum atomic E-state index is 10.7. The van der Waals surface area contributed by atoms with E-state index >= 15 is 0 Å². The molecule has 1 unspecified atom stereocenters. The van der Waals surface area contributed by atoms with E-state index in [4.69, 9.17) is 14.2 Å². The lowest BCUT2D eigenvalue weighted by Crippen LogP contribution is -2.29. The molecule has 0 amide bonds. The highest BCUT2D eigenvalue weighted by Crippen LogP contribution is 2.44. The average Bonchev–Trinajstić information content (AvgIpc) is 3.14. The van der Waals surface area contributed by atoms with Crippen LogP contribution in [0.3, 0.4) is 0 Å². The topological polar surface area (TPSA) is 105 Å². The van der Waals surface area contributed by atoms with Crippen molar-refractivity contribution >= 4 is 12.2 Å². The number of nitrogens with one attached hydrogen (secondary N) is 1. The van der Waals surface area contributed by atoms with E-state index in [9.17, 15) is 10.2 Å². The van der Waals surface area contributed by atoms with Gasteiger partial charge in [0.2, 0.25) is 12.8 Å². The van der Waals surface area contributed by atoms with Crippen LogP contribution in [0.15, 0.2) is 40.3 Å². The van der Waals surface area contributed by atoms with Crippen LogP contribution in [-0.2, 0) is 0 Å². The van der Waals surface area contributed by atoms with Gasteiger partial charge in [-0.15, -0.1) is 0 Å². The zero-order valence-electron chi connectivity index (χ0n) is 14.7. The number of benzene rings is 2. The molecule has 0 fully saturated rings. The molecule has 0 radical (unpaired) electrons. The molecule has 2 aliphatic rings. The van der Waals surface area contributed by atoms with Crippen LogP contribution in [0.4, 0.5) is 0 Å². The molecule has 8 nitrogen and oxygen atoms in total. The minimum atomic E-state index is -0.636. The smallest absolute Gasteiger partial charge is 0.231 e. The van der Waals surface area contributed by atoms with Crippen LogP contribution in [0.2, 0.25) is 0 Å². The maximum Gasteiger partial charge on any atom is 0.231 e. The third-order valence-corrected chi connectivity index (χ3v) is 4.40. The van der Waals surface area contributed by atoms with Crippen LogP contribution in [0.1, 0.15) is 23.6 Å². The molecule has 140 valence electrons. The first kappa shape index (κ1) is 17.0. The minimum Gasteiger partial charge on any atom is -0.507 e. The number of nitrogens with zero attached hydrogens (tertiary/aromatic N) is 2. The molecule has 0 saturated carbocycles. The van der Waals surface area contributed by atoms with Gasteiger partial charge in [0.05, 0.1) is 13.2 Å². The molecule has 0 saturated heterocycles. The summed E-state index contributed by atoms with van der Waals surface area (Å²) in [6.45, 7) is 0.716. The van der Waals surface area contributed by atoms with Crippen LogP contribution < -0.4 is 19.5 Å². The van der Waals surface area contributed by atoms with Gasteiger partial charge in [-0.3, -0.25) is 4.99 Å². The molecule has 4 rings (SSSR count). The predicted octanol–water partition coefficient (Wildman–Crippen LogP) is 2.34. The largest absolute Gasteiger partial charge is 0.507 e. The average molecular weight is 369 g/mol. The van der Waals surface area contributed by atoms with Crippen LogP contribution in [0, 0.1) is 0 Å². The Morgan fingerprint density at radius 3 is 2.70 bits per heavy atom. The van der Waals surface area contributed by atoms with Crippen LogP contribution in [-0.4, -0.2) is 42.8 Å². The van der Waals surface area contributed by atoms with E-state index in [2.05, 4.69) is 15.3 Å². The maximum absolute atomic E-state index is 10.7. The van der Waals surface area contributed by atoms with E-state index in [1.807, 2.05) is 0 Å². The zero-order chi connectivity index (χ0) is 18.8. The van der Waals surface area contributed by atoms with Gasteiger partial charge in [0.1, 0.15) is 5.75 Å². The summed E-state index contributed by atoms with van der Waals surface area (Å²) >= 11 is 0. The van der Waals surface area contributed by atoms with E-state index in [-0.39, 0.29) is 18.3 Å². The molecule has 0 aliphatic carbocycles. The van der Waals surface area contributed by atoms with E-state index in [1.165, 1.54) is 13.2 Å². The van der Waals surface area contributed by atoms with Crippen molar-refractivity contribution in [1.82, 2.24) is 5.32 Å². The highest BCUT2D eigenvalue weighted by atomic mass is 16.7. The molecule has 0 bridgehead atoms. The van der Waals surface area contributed by atoms with Gasteiger partial charge in [-0.05, 0) is 12.1 Å². The van der Waals surface area contributed by atoms with Crippen molar-refractivity contribution in [2.75, 3.05) is 20.4 Å². The number of fused-ring (bicyclic) bond motifs is 1. The van der Waals surface area contributed by atoms with Gasteiger partial charge in [0.25, 0.3) is 0 Å². The monoisotopic (exact) mass is 369 g/mol. The third-order valence-electron chi connectivity index (χ3n) is 4.40. The molecular weight excluding hydrogens is 350 g/mol. The first-order valence-corrected chi connectivity index (χ1v) is 8.49. The van der Waals surface area contributed by atoms with Crippen molar-refractivity contribution in [3.63, 3.8) is 0 Å². The number of rotatable bonds is 4. The van der Waals surface area contributed by atoms with Crippen molar-refractivity contribution in [3.05, 3.63) is 41.5 Å². The molecule has 0 aromatic heterocycles. The summed E-state index contributed by atoms with van der Waals surface area (Å²) in [6.07, 6.45) is 2.55. The normalized spacial score (nSPS) is 16.0. The van der Waals surface area contributed by atoms with Crippen LogP contribution >= 0.6 is 0 Å². The number of methoxy groups -OCH3 is 1. The van der Waals surface area contributed by atoms with Gasteiger partial charge in [-0.2, -0.15) is 0 Å². The zero-order valence-corrected chi connectivity index (χ0v) is 14.7. The summed E-state index contributed by atoms with van der Waals surface area (Å²) in [5.41, 5.74) is 0.998. The molecule has 1 atom stereocenters. The number of phenolic OH excluding ortho intramolecular Hbond substituents is 2. The predicted molar refractivity (Wildman–Crippen MR) is 99.3 cm³/mol. The first-order valence-electron chi connectivity index (χ1n) is 8.49. The number of hydrogen-bond acceptors (Lipinski definition) is 8. The summed E-state index contributed by atoms with van der Waals surface area (Å²) in [5.74, 6) is 1.71. The fraction of sp³-hybridized carbons (Fsp3) is 0.263. The second-order valence-electron chi connectivity index (χ2n) is 6.05. The quantitative estimate of drug-likeness (QED) is 0.764. The molecule has 0 spiro atoms. The SMILES string of the molecule is COc1cccc(C(NC2=NCCC=N2)c2cc3c(cc2O)OCO3)c1O. The fourth-order valence-electron chi connectivity index (χ4n) is 3.07. The summed E-state index contributed by atoms with van der Waals surface area (Å²) in [7, 11) is 1.48. The summed E-state index contributed by atoms with van der Waals surface area (Å²) in [4.78, 5) is 8.61. The standard InChI is InChI=1S/C19H19N3O5/c1-25-14-5-2-4-11(18(14)24)17(22-19-20-6-3-7-21-19)12-8-15-16(9-13(12)23)27-10-26-15/h2,4-6,8-9,17,23-24H,3,7,10H2,1H3,(H,21,22). The number of guanidine groups is 1. The van der Waals surface area contributed by atoms with Gasteiger partial charge >= 0.3 is 0 Å². The van der Waals surface area contributed by atoms with Gasteiger partial charge in [0, 0.05) is 36.4 Å². The molecule has 2 heterocycles. The Balaban J connectivity index is 1.82. The molecule has 2 aromatic carbocycles. The lowest BCUT2D eigenvalue weighted by molar-refractivity contribution is 0.174. The van der Waals surface area contributed by atoms with Gasteiger partial charge in [-0.25, -0.2) is 4.99 Å². The van der Waals surface area contributed by atoms with Crippen molar-refractivity contribution < 1.29 is 24.4 Å². The summed E-state index contributed by atoms with van der Waals surface area (Å²) in [5, 5.41) is 24.4. The van der Waals surface area contributed by atoms with Crippen molar-refractivity contribution in [1.29, 1.82) is 0 Å². The van der Waals surface area contributed by atoms with Crippen LogP contribution in [0.5, 0.6) is 28.7 Å². The fourth-order valence-corrected chi connectivity index (χ4v) is 3.07. The molecule has 2 aromatic rings. The lowest BCUT2D eigenvalue weighted by Gasteiger charge is -2.23. The number of para-hydroxylation sites is 1. The summed E-state index contributed by atoms with van der Waals surface area (Å²) < 4.78 is 16.0. The highest BCUT2D eigenvalue weighted by Gasteiger charge is 2.27. The molecule has 8 heteroatoms. The highest BCUT2D eigenvalue weighted by molar-refractivity contribution is 5.90. The molecule has 3 N–H and O–H groups in total. The number of aliphatic imine (C=N–C) groups is 2. The minimum absolute atomic E-state index is 0.000594. The Morgan fingerprint density at radius 2 is 1.96 bits per heavy atom. The van der Waals surface area contributed by atoms with Gasteiger partial charge < -0.3 is 29.7 Å². The van der Waals surface area contributed by atoms with Crippen LogP contribution in [0.25, 0.3) is 0 Å². The van der Waals surface area contributed by atoms with E-state index in [0.29, 0.717) is 40.9 Å². The Labute approximate surface area is 155 Å². The second kappa shape index (κ2) is 7.06. The summed E-state index contributed by atoms with van der Waals surface area (Å²) in [6, 6.07) is 7.71. The van der Waals surface area contributed by atoms with Crippen molar-refractivity contribution in [3.8, 4) is 28.7 Å². The Hall–Kier alpha value is -3.42. The number of ether oxygens (including phenoxy) is 3. The van der Waals surface area contributed by atoms with Crippen molar-refractivity contribution in [2.45, 2.75) is 12.5 Å². The Bertz CT molecular complexity index is 926. The first-order chi connectivity index (χ1) is 13.2. The van der Waals surface area contributed by atoms with E-state index in [0.717, 1.165) is 6.42 Å². The van der Waals surface area contributed by atoms with Gasteiger partial charge in [-0.1, -0.05) is 12.1 Å². The Kier molecular flexibility index (Phi) is 4.45. The molecular formula is C19H19N3O5. The molecule has 2 aliphatic heterocycles. The van der Waals surface area contributed by atoms with E-state index < -0.39 is 6.04 Å².